The molecule has 1 unspecified atom stereocenters. The summed E-state index contributed by atoms with van der Waals surface area (Å²) >= 11 is 3.27. The average Bonchev–Trinajstić information content (AvgIpc) is 2.29. The van der Waals surface area contributed by atoms with Crippen LogP contribution >= 0.6 is 15.9 Å². The molecule has 1 atom stereocenters. The first-order valence-corrected chi connectivity index (χ1v) is 6.77. The van der Waals surface area contributed by atoms with Crippen LogP contribution in [0, 0.1) is 5.92 Å². The van der Waals surface area contributed by atoms with Crippen LogP contribution in [0.3, 0.4) is 0 Å². The van der Waals surface area contributed by atoms with Gasteiger partial charge in [-0.1, -0.05) is 13.8 Å². The summed E-state index contributed by atoms with van der Waals surface area (Å²) in [5.41, 5.74) is 0.536. The van der Waals surface area contributed by atoms with Crippen molar-refractivity contribution in [3.05, 3.63) is 21.0 Å². The van der Waals surface area contributed by atoms with Crippen LogP contribution < -0.4 is 10.9 Å². The van der Waals surface area contributed by atoms with Gasteiger partial charge in [0.2, 0.25) is 0 Å². The molecule has 0 saturated carbocycles. The smallest absolute Gasteiger partial charge is 0.282 e. The molecule has 0 bridgehead atoms. The summed E-state index contributed by atoms with van der Waals surface area (Å²) in [5.74, 6) is 0.523. The SMILES string of the molecule is CC(C)COCC(C)Nc1cnn(C)c(=O)c1Br. The molecular formula is C12H20BrN3O2. The highest BCUT2D eigenvalue weighted by atomic mass is 79.9. The topological polar surface area (TPSA) is 56.1 Å². The first-order chi connectivity index (χ1) is 8.41. The van der Waals surface area contributed by atoms with E-state index in [1.807, 2.05) is 6.92 Å². The number of hydrogen-bond acceptors (Lipinski definition) is 4. The molecule has 0 saturated heterocycles. The number of ether oxygens (including phenoxy) is 1. The third-order valence-electron chi connectivity index (χ3n) is 2.30. The van der Waals surface area contributed by atoms with Crippen molar-refractivity contribution < 1.29 is 4.74 Å². The number of hydrogen-bond donors (Lipinski definition) is 1. The minimum Gasteiger partial charge on any atom is -0.379 e. The Bertz CT molecular complexity index is 445. The standard InChI is InChI=1S/C12H20BrN3O2/c1-8(2)6-18-7-9(3)15-10-5-14-16(4)12(17)11(10)13/h5,8-9,15H,6-7H2,1-4H3. The second kappa shape index (κ2) is 6.89. The second-order valence-corrected chi connectivity index (χ2v) is 5.57. The molecule has 0 aliphatic carbocycles. The Morgan fingerprint density at radius 3 is 2.72 bits per heavy atom. The highest BCUT2D eigenvalue weighted by Crippen LogP contribution is 2.16. The van der Waals surface area contributed by atoms with Crippen LogP contribution in [0.15, 0.2) is 15.5 Å². The van der Waals surface area contributed by atoms with Gasteiger partial charge in [0.1, 0.15) is 4.47 Å². The maximum absolute atomic E-state index is 11.7. The van der Waals surface area contributed by atoms with Crippen LogP contribution in [-0.2, 0) is 11.8 Å². The highest BCUT2D eigenvalue weighted by Gasteiger charge is 2.09. The summed E-state index contributed by atoms with van der Waals surface area (Å²) in [5, 5.41) is 7.18. The van der Waals surface area contributed by atoms with E-state index >= 15 is 0 Å². The van der Waals surface area contributed by atoms with Crippen LogP contribution in [0.2, 0.25) is 0 Å². The summed E-state index contributed by atoms with van der Waals surface area (Å²) < 4.78 is 7.32. The first-order valence-electron chi connectivity index (χ1n) is 5.98. The maximum Gasteiger partial charge on any atom is 0.282 e. The summed E-state index contributed by atoms with van der Waals surface area (Å²) in [6.07, 6.45) is 1.63. The molecule has 0 aliphatic rings. The van der Waals surface area contributed by atoms with E-state index in [-0.39, 0.29) is 11.6 Å². The van der Waals surface area contributed by atoms with Crippen LogP contribution in [0.5, 0.6) is 0 Å². The molecule has 0 fully saturated rings. The molecule has 5 nitrogen and oxygen atoms in total. The van der Waals surface area contributed by atoms with Crippen molar-refractivity contribution in [2.75, 3.05) is 18.5 Å². The van der Waals surface area contributed by atoms with Crippen LogP contribution in [0.4, 0.5) is 5.69 Å². The van der Waals surface area contributed by atoms with Crippen LogP contribution in [-0.4, -0.2) is 29.0 Å². The van der Waals surface area contributed by atoms with E-state index in [0.717, 1.165) is 6.61 Å². The van der Waals surface area contributed by atoms with E-state index in [2.05, 4.69) is 40.2 Å². The normalized spacial score (nSPS) is 12.8. The lowest BCUT2D eigenvalue weighted by atomic mass is 10.2. The average molecular weight is 318 g/mol. The fourth-order valence-corrected chi connectivity index (χ4v) is 1.87. The molecule has 1 N–H and O–H groups in total. The van der Waals surface area contributed by atoms with Crippen LogP contribution in [0.1, 0.15) is 20.8 Å². The van der Waals surface area contributed by atoms with Gasteiger partial charge in [-0.15, -0.1) is 0 Å². The van der Waals surface area contributed by atoms with Gasteiger partial charge >= 0.3 is 0 Å². The highest BCUT2D eigenvalue weighted by molar-refractivity contribution is 9.10. The van der Waals surface area contributed by atoms with Crippen molar-refractivity contribution in [2.24, 2.45) is 13.0 Å². The zero-order chi connectivity index (χ0) is 13.7. The second-order valence-electron chi connectivity index (χ2n) is 4.78. The third kappa shape index (κ3) is 4.42. The third-order valence-corrected chi connectivity index (χ3v) is 3.07. The zero-order valence-electron chi connectivity index (χ0n) is 11.2. The zero-order valence-corrected chi connectivity index (χ0v) is 12.8. The molecular weight excluding hydrogens is 298 g/mol. The van der Waals surface area contributed by atoms with Gasteiger partial charge in [-0.2, -0.15) is 5.10 Å². The molecule has 1 aromatic heterocycles. The van der Waals surface area contributed by atoms with Gasteiger partial charge in [0.15, 0.2) is 0 Å². The summed E-state index contributed by atoms with van der Waals surface area (Å²) in [6.45, 7) is 7.56. The lowest BCUT2D eigenvalue weighted by Gasteiger charge is -2.17. The molecule has 102 valence electrons. The van der Waals surface area contributed by atoms with Gasteiger partial charge in [0.25, 0.3) is 5.56 Å². The largest absolute Gasteiger partial charge is 0.379 e. The van der Waals surface area contributed by atoms with E-state index in [4.69, 9.17) is 4.74 Å². The van der Waals surface area contributed by atoms with E-state index < -0.39 is 0 Å². The van der Waals surface area contributed by atoms with Gasteiger partial charge in [0.05, 0.1) is 18.5 Å². The van der Waals surface area contributed by atoms with E-state index in [1.54, 1.807) is 13.2 Å². The predicted molar refractivity (Wildman–Crippen MR) is 75.9 cm³/mol. The molecule has 1 aromatic rings. The summed E-state index contributed by atoms with van der Waals surface area (Å²) in [6, 6.07) is 0.119. The Kier molecular flexibility index (Phi) is 5.81. The van der Waals surface area contributed by atoms with E-state index in [1.165, 1.54) is 4.68 Å². The molecule has 18 heavy (non-hydrogen) atoms. The lowest BCUT2D eigenvalue weighted by Crippen LogP contribution is -2.26. The van der Waals surface area contributed by atoms with Crippen molar-refractivity contribution in [1.29, 1.82) is 0 Å². The number of nitrogens with one attached hydrogen (secondary N) is 1. The minimum absolute atomic E-state index is 0.119. The van der Waals surface area contributed by atoms with Gasteiger partial charge in [-0.25, -0.2) is 4.68 Å². The van der Waals surface area contributed by atoms with Gasteiger partial charge in [0, 0.05) is 19.7 Å². The number of anilines is 1. The van der Waals surface area contributed by atoms with Gasteiger partial charge < -0.3 is 10.1 Å². The van der Waals surface area contributed by atoms with E-state index in [9.17, 15) is 4.79 Å². The predicted octanol–water partition coefficient (Wildman–Crippen LogP) is 2.02. The molecule has 1 rings (SSSR count). The number of aromatic nitrogens is 2. The quantitative estimate of drug-likeness (QED) is 0.872. The van der Waals surface area contributed by atoms with Gasteiger partial charge in [-0.05, 0) is 28.8 Å². The fraction of sp³-hybridized carbons (Fsp3) is 0.667. The molecule has 0 amide bonds. The molecule has 0 radical (unpaired) electrons. The monoisotopic (exact) mass is 317 g/mol. The molecule has 0 aliphatic heterocycles. The molecule has 6 heteroatoms. The first kappa shape index (κ1) is 15.2. The Labute approximate surface area is 116 Å². The maximum atomic E-state index is 11.7. The Morgan fingerprint density at radius 1 is 1.44 bits per heavy atom. The van der Waals surface area contributed by atoms with Gasteiger partial charge in [-0.3, -0.25) is 4.79 Å². The summed E-state index contributed by atoms with van der Waals surface area (Å²) in [7, 11) is 1.62. The van der Waals surface area contributed by atoms with E-state index in [0.29, 0.717) is 22.7 Å². The molecule has 0 aromatic carbocycles. The lowest BCUT2D eigenvalue weighted by molar-refractivity contribution is 0.105. The number of rotatable bonds is 6. The number of nitrogens with zero attached hydrogens (tertiary/aromatic N) is 2. The van der Waals surface area contributed by atoms with Crippen molar-refractivity contribution in [1.82, 2.24) is 9.78 Å². The van der Waals surface area contributed by atoms with Crippen LogP contribution in [0.25, 0.3) is 0 Å². The molecule has 0 spiro atoms. The number of halogens is 1. The van der Waals surface area contributed by atoms with Crippen molar-refractivity contribution in [3.8, 4) is 0 Å². The fourth-order valence-electron chi connectivity index (χ4n) is 1.40. The Balaban J connectivity index is 2.57. The number of aryl methyl sites for hydroxylation is 1. The minimum atomic E-state index is -0.157. The van der Waals surface area contributed by atoms with Crippen molar-refractivity contribution in [3.63, 3.8) is 0 Å². The van der Waals surface area contributed by atoms with Crippen molar-refractivity contribution in [2.45, 2.75) is 26.8 Å². The Morgan fingerprint density at radius 2 is 2.11 bits per heavy atom. The summed E-state index contributed by atoms with van der Waals surface area (Å²) in [4.78, 5) is 11.7. The van der Waals surface area contributed by atoms with Crippen molar-refractivity contribution >= 4 is 21.6 Å². The Hall–Kier alpha value is -0.880. The molecule has 1 heterocycles.